The molecule has 0 aromatic carbocycles. The second-order valence-electron chi connectivity index (χ2n) is 9.30. The average Bonchev–Trinajstić information content (AvgIpc) is 3.22. The molecule has 4 aliphatic rings. The van der Waals surface area contributed by atoms with Crippen LogP contribution in [0, 0.1) is 11.3 Å². The third kappa shape index (κ3) is 2.99. The highest BCUT2D eigenvalue weighted by Crippen LogP contribution is 2.48. The lowest BCUT2D eigenvalue weighted by molar-refractivity contribution is 0.249. The van der Waals surface area contributed by atoms with Gasteiger partial charge in [0, 0.05) is 30.5 Å². The molecule has 0 unspecified atom stereocenters. The van der Waals surface area contributed by atoms with Crippen LogP contribution in [0.1, 0.15) is 62.5 Å². The van der Waals surface area contributed by atoms with Crippen LogP contribution in [0.2, 0.25) is 0 Å². The van der Waals surface area contributed by atoms with Crippen molar-refractivity contribution in [3.05, 3.63) is 11.1 Å². The number of alkyl halides is 1. The van der Waals surface area contributed by atoms with Crippen LogP contribution in [0.5, 0.6) is 5.88 Å². The molecule has 5 heterocycles. The Bertz CT molecular complexity index is 1080. The molecule has 2 fully saturated rings. The lowest BCUT2D eigenvalue weighted by atomic mass is 9.86. The van der Waals surface area contributed by atoms with Gasteiger partial charge >= 0.3 is 0 Å². The summed E-state index contributed by atoms with van der Waals surface area (Å²) in [6.45, 7) is 1.88. The quantitative estimate of drug-likeness (QED) is 0.666. The maximum Gasteiger partial charge on any atom is 0.219 e. The number of fused-ring (bicyclic) bond motifs is 2. The second-order valence-corrected chi connectivity index (χ2v) is 9.61. The molecule has 162 valence electrons. The van der Waals surface area contributed by atoms with E-state index in [9.17, 15) is 5.26 Å². The molecule has 0 radical (unpaired) electrons. The van der Waals surface area contributed by atoms with Gasteiger partial charge in [-0.05, 0) is 44.9 Å². The van der Waals surface area contributed by atoms with Gasteiger partial charge in [-0.25, -0.2) is 4.98 Å². The van der Waals surface area contributed by atoms with Crippen LogP contribution in [0.3, 0.4) is 0 Å². The number of ether oxygens (including phenoxy) is 1. The number of nitriles is 1. The number of nitrogens with one attached hydrogen (secondary N) is 2. The molecule has 3 aliphatic heterocycles. The summed E-state index contributed by atoms with van der Waals surface area (Å²) in [5.41, 5.74) is 1.40. The van der Waals surface area contributed by atoms with E-state index in [1.165, 1.54) is 25.7 Å². The molecule has 0 bridgehead atoms. The van der Waals surface area contributed by atoms with Gasteiger partial charge in [-0.2, -0.15) is 10.2 Å². The van der Waals surface area contributed by atoms with Crippen molar-refractivity contribution in [1.82, 2.24) is 9.97 Å². The van der Waals surface area contributed by atoms with Crippen LogP contribution in [0.15, 0.2) is 0 Å². The monoisotopic (exact) mass is 438 g/mol. The van der Waals surface area contributed by atoms with Crippen LogP contribution in [-0.4, -0.2) is 40.7 Å². The molecular weight excluding hydrogens is 412 g/mol. The Kier molecular flexibility index (Phi) is 4.53. The maximum atomic E-state index is 10.3. The molecule has 2 N–H and O–H groups in total. The fraction of sp³-hybridized carbons (Fsp3) is 0.609. The topological polar surface area (TPSA) is 86.1 Å². The summed E-state index contributed by atoms with van der Waals surface area (Å²) < 4.78 is 6.08. The minimum Gasteiger partial charge on any atom is -0.472 e. The molecule has 0 amide bonds. The lowest BCUT2D eigenvalue weighted by Crippen LogP contribution is -2.50. The Morgan fingerprint density at radius 1 is 1.03 bits per heavy atom. The van der Waals surface area contributed by atoms with E-state index in [1.54, 1.807) is 0 Å². The van der Waals surface area contributed by atoms with Crippen LogP contribution < -0.4 is 20.3 Å². The van der Waals surface area contributed by atoms with Gasteiger partial charge in [0.2, 0.25) is 5.88 Å². The first-order chi connectivity index (χ1) is 15.2. The summed E-state index contributed by atoms with van der Waals surface area (Å²) in [6.07, 6.45) is 9.72. The van der Waals surface area contributed by atoms with Crippen LogP contribution in [0.4, 0.5) is 17.5 Å². The Morgan fingerprint density at radius 3 is 2.45 bits per heavy atom. The minimum atomic E-state index is -0.232. The van der Waals surface area contributed by atoms with E-state index in [-0.39, 0.29) is 11.8 Å². The fourth-order valence-corrected chi connectivity index (χ4v) is 5.92. The van der Waals surface area contributed by atoms with Gasteiger partial charge in [-0.15, -0.1) is 11.6 Å². The number of pyridine rings is 2. The highest BCUT2D eigenvalue weighted by molar-refractivity contribution is 6.18. The van der Waals surface area contributed by atoms with E-state index >= 15 is 0 Å². The van der Waals surface area contributed by atoms with Crippen molar-refractivity contribution in [3.63, 3.8) is 0 Å². The smallest absolute Gasteiger partial charge is 0.219 e. The zero-order valence-corrected chi connectivity index (χ0v) is 18.4. The zero-order chi connectivity index (χ0) is 21.0. The van der Waals surface area contributed by atoms with Gasteiger partial charge in [-0.1, -0.05) is 6.42 Å². The molecule has 2 aromatic heterocycles. The number of nitrogens with zero attached hydrogens (tertiary/aromatic N) is 4. The Balaban J connectivity index is 1.60. The number of hydrogen-bond donors (Lipinski definition) is 2. The molecule has 1 saturated heterocycles. The molecule has 1 saturated carbocycles. The first kappa shape index (κ1) is 19.2. The van der Waals surface area contributed by atoms with Gasteiger partial charge in [0.25, 0.3) is 0 Å². The van der Waals surface area contributed by atoms with Crippen molar-refractivity contribution in [1.29, 1.82) is 5.26 Å². The first-order valence-electron chi connectivity index (χ1n) is 11.6. The molecule has 6 rings (SSSR count). The molecule has 2 aromatic rings. The zero-order valence-electron chi connectivity index (χ0n) is 17.6. The van der Waals surface area contributed by atoms with Crippen molar-refractivity contribution in [3.8, 4) is 11.9 Å². The van der Waals surface area contributed by atoms with E-state index in [4.69, 9.17) is 26.3 Å². The molecular formula is C23H27ClN6O. The number of halogens is 1. The summed E-state index contributed by atoms with van der Waals surface area (Å²) in [4.78, 5) is 12.3. The summed E-state index contributed by atoms with van der Waals surface area (Å²) in [7, 11) is 0. The molecule has 1 spiro atoms. The van der Waals surface area contributed by atoms with Gasteiger partial charge < -0.3 is 20.3 Å². The van der Waals surface area contributed by atoms with E-state index in [0.717, 1.165) is 72.6 Å². The number of piperidine rings is 1. The largest absolute Gasteiger partial charge is 0.472 e. The van der Waals surface area contributed by atoms with Crippen LogP contribution in [0.25, 0.3) is 10.8 Å². The number of aromatic nitrogens is 2. The van der Waals surface area contributed by atoms with E-state index in [0.29, 0.717) is 23.7 Å². The van der Waals surface area contributed by atoms with Gasteiger partial charge in [0.05, 0.1) is 11.3 Å². The molecule has 31 heavy (non-hydrogen) atoms. The van der Waals surface area contributed by atoms with Gasteiger partial charge in [0.1, 0.15) is 40.9 Å². The van der Waals surface area contributed by atoms with E-state index < -0.39 is 0 Å². The standard InChI is InChI=1S/C23H27ClN6O/c24-12-14-11-15-17-16(13-25)21(30-9-5-2-6-10-30)26-19-18(17)20(27-22(15)31-14)29-23(28-19)7-3-1-4-8-23/h14H,1-12H2,(H,26,28)(H,27,29)/t14-/m0/s1. The molecule has 7 nitrogen and oxygen atoms in total. The highest BCUT2D eigenvalue weighted by Gasteiger charge is 2.40. The van der Waals surface area contributed by atoms with Crippen LogP contribution >= 0.6 is 11.6 Å². The molecule has 8 heteroatoms. The van der Waals surface area contributed by atoms with Crippen molar-refractivity contribution < 1.29 is 4.74 Å². The Labute approximate surface area is 187 Å². The molecule has 1 aliphatic carbocycles. The fourth-order valence-electron chi connectivity index (χ4n) is 5.75. The van der Waals surface area contributed by atoms with Crippen molar-refractivity contribution in [2.24, 2.45) is 0 Å². The van der Waals surface area contributed by atoms with Crippen LogP contribution in [-0.2, 0) is 6.42 Å². The number of anilines is 3. The van der Waals surface area contributed by atoms with Crippen molar-refractivity contribution in [2.45, 2.75) is 69.6 Å². The third-order valence-corrected chi connectivity index (χ3v) is 7.60. The summed E-state index contributed by atoms with van der Waals surface area (Å²) in [5.74, 6) is 3.47. The highest BCUT2D eigenvalue weighted by atomic mass is 35.5. The summed E-state index contributed by atoms with van der Waals surface area (Å²) >= 11 is 6.14. The first-order valence-corrected chi connectivity index (χ1v) is 12.1. The summed E-state index contributed by atoms with van der Waals surface area (Å²) in [6, 6.07) is 2.50. The van der Waals surface area contributed by atoms with Crippen molar-refractivity contribution >= 4 is 39.8 Å². The summed E-state index contributed by atoms with van der Waals surface area (Å²) in [5, 5.41) is 19.6. The third-order valence-electron chi connectivity index (χ3n) is 7.26. The minimum absolute atomic E-state index is 0.110. The van der Waals surface area contributed by atoms with Gasteiger partial charge in [-0.3, -0.25) is 0 Å². The normalized spacial score (nSPS) is 23.6. The second kappa shape index (κ2) is 7.30. The predicted molar refractivity (Wildman–Crippen MR) is 122 cm³/mol. The van der Waals surface area contributed by atoms with E-state index in [2.05, 4.69) is 21.6 Å². The van der Waals surface area contributed by atoms with Gasteiger partial charge in [0.15, 0.2) is 0 Å². The Morgan fingerprint density at radius 2 is 1.74 bits per heavy atom. The van der Waals surface area contributed by atoms with Crippen molar-refractivity contribution in [2.75, 3.05) is 34.5 Å². The Hall–Kier alpha value is -2.46. The molecule has 1 atom stereocenters. The lowest BCUT2D eigenvalue weighted by Gasteiger charge is -2.43. The maximum absolute atomic E-state index is 10.3. The van der Waals surface area contributed by atoms with E-state index in [1.807, 2.05) is 0 Å². The number of hydrogen-bond acceptors (Lipinski definition) is 7. The average molecular weight is 439 g/mol. The SMILES string of the molecule is N#Cc1c(N2CCCCC2)nc2c3c(nc4c(c13)C[C@@H](CCl)O4)NC1(CCCCC1)N2. The predicted octanol–water partition coefficient (Wildman–Crippen LogP) is 4.53. The number of rotatable bonds is 2.